The van der Waals surface area contributed by atoms with Gasteiger partial charge in [0.1, 0.15) is 5.58 Å². The van der Waals surface area contributed by atoms with Crippen LogP contribution in [0.5, 0.6) is 0 Å². The predicted molar refractivity (Wildman–Crippen MR) is 95.7 cm³/mol. The lowest BCUT2D eigenvalue weighted by Crippen LogP contribution is -2.49. The molecule has 0 spiro atoms. The highest BCUT2D eigenvalue weighted by molar-refractivity contribution is 5.99. The first-order valence-corrected chi connectivity index (χ1v) is 9.01. The van der Waals surface area contributed by atoms with Gasteiger partial charge in [-0.05, 0) is 12.5 Å². The Morgan fingerprint density at radius 1 is 1.28 bits per heavy atom. The van der Waals surface area contributed by atoms with E-state index in [1.54, 1.807) is 7.11 Å². The number of nitrogens with one attached hydrogen (secondary N) is 1. The fourth-order valence-corrected chi connectivity index (χ4v) is 3.97. The van der Waals surface area contributed by atoms with E-state index in [2.05, 4.69) is 10.2 Å². The number of ether oxygens (including phenoxy) is 1. The number of piperazine rings is 1. The van der Waals surface area contributed by atoms with Gasteiger partial charge in [0.15, 0.2) is 5.76 Å². The number of para-hydroxylation sites is 1. The molecule has 1 aromatic heterocycles. The topological polar surface area (TPSA) is 58.0 Å². The molecule has 6 nitrogen and oxygen atoms in total. The van der Waals surface area contributed by atoms with Gasteiger partial charge in [0, 0.05) is 63.4 Å². The summed E-state index contributed by atoms with van der Waals surface area (Å²) in [6.45, 7) is 6.14. The highest BCUT2D eigenvalue weighted by atomic mass is 16.5. The Morgan fingerprint density at radius 3 is 2.88 bits per heavy atom. The predicted octanol–water partition coefficient (Wildman–Crippen LogP) is 1.70. The molecule has 25 heavy (non-hydrogen) atoms. The van der Waals surface area contributed by atoms with E-state index in [1.807, 2.05) is 29.2 Å². The third kappa shape index (κ3) is 3.17. The number of rotatable bonds is 4. The smallest absolute Gasteiger partial charge is 0.290 e. The quantitative estimate of drug-likeness (QED) is 0.916. The lowest BCUT2D eigenvalue weighted by Gasteiger charge is -2.32. The van der Waals surface area contributed by atoms with Crippen LogP contribution in [0.25, 0.3) is 11.0 Å². The maximum absolute atomic E-state index is 13.1. The summed E-state index contributed by atoms with van der Waals surface area (Å²) in [6.07, 6.45) is 1.03. The average Bonchev–Trinajstić information content (AvgIpc) is 3.28. The summed E-state index contributed by atoms with van der Waals surface area (Å²) in [5.41, 5.74) is 1.60. The Labute approximate surface area is 147 Å². The zero-order chi connectivity index (χ0) is 17.2. The van der Waals surface area contributed by atoms with Crippen molar-refractivity contribution in [3.05, 3.63) is 35.6 Å². The molecular weight excluding hydrogens is 318 g/mol. The molecule has 1 aromatic carbocycles. The number of benzene rings is 1. The number of methoxy groups -OCH3 is 1. The van der Waals surface area contributed by atoms with E-state index in [4.69, 9.17) is 9.15 Å². The van der Waals surface area contributed by atoms with Gasteiger partial charge in [0.25, 0.3) is 5.91 Å². The number of carbonyl (C=O) groups is 1. The second-order valence-corrected chi connectivity index (χ2v) is 6.82. The molecule has 2 aromatic rings. The first-order valence-electron chi connectivity index (χ1n) is 9.01. The Morgan fingerprint density at radius 2 is 2.08 bits per heavy atom. The van der Waals surface area contributed by atoms with Crippen LogP contribution in [0, 0.1) is 0 Å². The van der Waals surface area contributed by atoms with Crippen LogP contribution in [0.15, 0.2) is 28.7 Å². The minimum Gasteiger partial charge on any atom is -0.451 e. The maximum Gasteiger partial charge on any atom is 0.290 e. The third-order valence-electron chi connectivity index (χ3n) is 5.30. The van der Waals surface area contributed by atoms with Gasteiger partial charge in [0.2, 0.25) is 0 Å². The summed E-state index contributed by atoms with van der Waals surface area (Å²) in [4.78, 5) is 17.5. The second-order valence-electron chi connectivity index (χ2n) is 6.82. The van der Waals surface area contributed by atoms with E-state index in [-0.39, 0.29) is 5.91 Å². The molecule has 1 unspecified atom stereocenters. The van der Waals surface area contributed by atoms with Crippen molar-refractivity contribution in [1.82, 2.24) is 15.1 Å². The Balaban J connectivity index is 1.55. The number of hydrogen-bond acceptors (Lipinski definition) is 5. The van der Waals surface area contributed by atoms with Gasteiger partial charge in [-0.2, -0.15) is 0 Å². The van der Waals surface area contributed by atoms with Crippen LogP contribution in [0.3, 0.4) is 0 Å². The van der Waals surface area contributed by atoms with Crippen molar-refractivity contribution in [2.75, 3.05) is 46.4 Å². The normalized spacial score (nSPS) is 22.0. The van der Waals surface area contributed by atoms with E-state index in [9.17, 15) is 4.79 Å². The molecule has 2 fully saturated rings. The Hall–Kier alpha value is -1.89. The number of nitrogens with zero attached hydrogens (tertiary/aromatic N) is 2. The van der Waals surface area contributed by atoms with E-state index in [0.29, 0.717) is 18.4 Å². The monoisotopic (exact) mass is 343 g/mol. The molecule has 6 heteroatoms. The van der Waals surface area contributed by atoms with E-state index < -0.39 is 0 Å². The SMILES string of the molecule is COCc1c(C(=O)N2CCC(N3CCNCC3)C2)oc2ccccc12. The van der Waals surface area contributed by atoms with Crippen LogP contribution in [0.1, 0.15) is 22.5 Å². The summed E-state index contributed by atoms with van der Waals surface area (Å²) >= 11 is 0. The van der Waals surface area contributed by atoms with Crippen molar-refractivity contribution in [2.45, 2.75) is 19.1 Å². The molecule has 0 radical (unpaired) electrons. The van der Waals surface area contributed by atoms with Gasteiger partial charge >= 0.3 is 0 Å². The van der Waals surface area contributed by atoms with Crippen LogP contribution >= 0.6 is 0 Å². The molecule has 1 amide bonds. The molecule has 1 N–H and O–H groups in total. The fraction of sp³-hybridized carbons (Fsp3) is 0.526. The fourth-order valence-electron chi connectivity index (χ4n) is 3.97. The number of hydrogen-bond donors (Lipinski definition) is 1. The second kappa shape index (κ2) is 7.15. The van der Waals surface area contributed by atoms with Crippen LogP contribution in [0.2, 0.25) is 0 Å². The zero-order valence-electron chi connectivity index (χ0n) is 14.7. The van der Waals surface area contributed by atoms with Crippen molar-refractivity contribution in [1.29, 1.82) is 0 Å². The zero-order valence-corrected chi connectivity index (χ0v) is 14.7. The number of carbonyl (C=O) groups excluding carboxylic acids is 1. The summed E-state index contributed by atoms with van der Waals surface area (Å²) < 4.78 is 11.2. The lowest BCUT2D eigenvalue weighted by molar-refractivity contribution is 0.0738. The molecule has 3 heterocycles. The molecule has 4 rings (SSSR count). The third-order valence-corrected chi connectivity index (χ3v) is 5.30. The van der Waals surface area contributed by atoms with Gasteiger partial charge < -0.3 is 19.4 Å². The van der Waals surface area contributed by atoms with Crippen molar-refractivity contribution in [3.8, 4) is 0 Å². The van der Waals surface area contributed by atoms with E-state index >= 15 is 0 Å². The van der Waals surface area contributed by atoms with Crippen molar-refractivity contribution < 1.29 is 13.9 Å². The molecule has 0 aliphatic carbocycles. The Kier molecular flexibility index (Phi) is 4.74. The number of furan rings is 1. The summed E-state index contributed by atoms with van der Waals surface area (Å²) in [5.74, 6) is 0.421. The van der Waals surface area contributed by atoms with Crippen LogP contribution < -0.4 is 5.32 Å². The molecule has 0 bridgehead atoms. The first-order chi connectivity index (χ1) is 12.3. The lowest BCUT2D eigenvalue weighted by atomic mass is 10.1. The van der Waals surface area contributed by atoms with Crippen molar-refractivity contribution >= 4 is 16.9 Å². The molecule has 2 saturated heterocycles. The largest absolute Gasteiger partial charge is 0.451 e. The van der Waals surface area contributed by atoms with Gasteiger partial charge in [-0.1, -0.05) is 18.2 Å². The number of fused-ring (bicyclic) bond motifs is 1. The molecule has 0 saturated carbocycles. The molecule has 2 aliphatic rings. The first kappa shape index (κ1) is 16.6. The molecular formula is C19H25N3O3. The number of amides is 1. The molecule has 1 atom stereocenters. The standard InChI is InChI=1S/C19H25N3O3/c1-24-13-16-15-4-2-3-5-17(15)25-18(16)19(23)22-9-6-14(12-22)21-10-7-20-8-11-21/h2-5,14,20H,6-13H2,1H3. The van der Waals surface area contributed by atoms with E-state index in [0.717, 1.165) is 62.2 Å². The van der Waals surface area contributed by atoms with Gasteiger partial charge in [-0.15, -0.1) is 0 Å². The summed E-state index contributed by atoms with van der Waals surface area (Å²) in [7, 11) is 1.65. The summed E-state index contributed by atoms with van der Waals surface area (Å²) in [5, 5.41) is 4.35. The van der Waals surface area contributed by atoms with Crippen LogP contribution in [-0.2, 0) is 11.3 Å². The van der Waals surface area contributed by atoms with E-state index in [1.165, 1.54) is 0 Å². The highest BCUT2D eigenvalue weighted by Gasteiger charge is 2.33. The van der Waals surface area contributed by atoms with Crippen LogP contribution in [0.4, 0.5) is 0 Å². The highest BCUT2D eigenvalue weighted by Crippen LogP contribution is 2.29. The van der Waals surface area contributed by atoms with Gasteiger partial charge in [-0.25, -0.2) is 0 Å². The minimum absolute atomic E-state index is 0.0131. The van der Waals surface area contributed by atoms with Crippen molar-refractivity contribution in [3.63, 3.8) is 0 Å². The van der Waals surface area contributed by atoms with Gasteiger partial charge in [-0.3, -0.25) is 9.69 Å². The average molecular weight is 343 g/mol. The molecule has 2 aliphatic heterocycles. The Bertz CT molecular complexity index is 751. The minimum atomic E-state index is -0.0131. The summed E-state index contributed by atoms with van der Waals surface area (Å²) in [6, 6.07) is 8.23. The molecule has 134 valence electrons. The number of likely N-dealkylation sites (tertiary alicyclic amines) is 1. The van der Waals surface area contributed by atoms with Gasteiger partial charge in [0.05, 0.1) is 6.61 Å². The maximum atomic E-state index is 13.1. The van der Waals surface area contributed by atoms with Crippen molar-refractivity contribution in [2.24, 2.45) is 0 Å². The van der Waals surface area contributed by atoms with Crippen LogP contribution in [-0.4, -0.2) is 68.1 Å².